The van der Waals surface area contributed by atoms with Crippen molar-refractivity contribution in [1.29, 1.82) is 0 Å². The van der Waals surface area contributed by atoms with Crippen molar-refractivity contribution in [2.75, 3.05) is 12.0 Å². The van der Waals surface area contributed by atoms with E-state index in [-0.39, 0.29) is 18.1 Å². The molecule has 2 rings (SSSR count). The van der Waals surface area contributed by atoms with Gasteiger partial charge in [-0.25, -0.2) is 0 Å². The third-order valence-electron chi connectivity index (χ3n) is 3.90. The maximum Gasteiger partial charge on any atom is 0.221 e. The molecular weight excluding hydrogens is 270 g/mol. The Bertz CT molecular complexity index is 418. The number of amides is 1. The van der Waals surface area contributed by atoms with Gasteiger partial charge in [-0.15, -0.1) is 0 Å². The molecule has 0 saturated heterocycles. The first-order valence-corrected chi connectivity index (χ1v) is 8.58. The maximum atomic E-state index is 11.9. The average molecular weight is 293 g/mol. The molecule has 0 radical (unpaired) electrons. The van der Waals surface area contributed by atoms with Gasteiger partial charge in [0, 0.05) is 18.2 Å². The van der Waals surface area contributed by atoms with Crippen molar-refractivity contribution < 1.29 is 9.90 Å². The van der Waals surface area contributed by atoms with Gasteiger partial charge in [-0.3, -0.25) is 4.79 Å². The van der Waals surface area contributed by atoms with Gasteiger partial charge < -0.3 is 10.4 Å². The molecule has 0 bridgehead atoms. The number of carbonyl (C=O) groups is 1. The molecule has 1 aliphatic carbocycles. The fraction of sp³-hybridized carbons (Fsp3) is 0.562. The number of nitrogens with one attached hydrogen (secondary N) is 1. The zero-order valence-corrected chi connectivity index (χ0v) is 12.7. The highest BCUT2D eigenvalue weighted by Gasteiger charge is 2.34. The second-order valence-corrected chi connectivity index (χ2v) is 6.48. The summed E-state index contributed by atoms with van der Waals surface area (Å²) >= 11 is 1.69. The lowest BCUT2D eigenvalue weighted by molar-refractivity contribution is -0.122. The van der Waals surface area contributed by atoms with E-state index < -0.39 is 0 Å². The van der Waals surface area contributed by atoms with Gasteiger partial charge in [0.15, 0.2) is 0 Å². The summed E-state index contributed by atoms with van der Waals surface area (Å²) in [6.07, 6.45) is 4.86. The minimum Gasteiger partial charge on any atom is -0.393 e. The molecule has 1 atom stereocenters. The van der Waals surface area contributed by atoms with Crippen LogP contribution in [0.15, 0.2) is 30.3 Å². The van der Waals surface area contributed by atoms with Gasteiger partial charge in [0.25, 0.3) is 0 Å². The molecule has 2 N–H and O–H groups in total. The Morgan fingerprint density at radius 3 is 2.70 bits per heavy atom. The molecule has 1 fully saturated rings. The van der Waals surface area contributed by atoms with E-state index in [0.29, 0.717) is 12.3 Å². The Morgan fingerprint density at radius 1 is 1.40 bits per heavy atom. The first-order chi connectivity index (χ1) is 9.69. The molecule has 110 valence electrons. The van der Waals surface area contributed by atoms with Crippen LogP contribution in [0.4, 0.5) is 0 Å². The first-order valence-electron chi connectivity index (χ1n) is 7.19. The van der Waals surface area contributed by atoms with E-state index in [0.717, 1.165) is 25.0 Å². The van der Waals surface area contributed by atoms with Crippen molar-refractivity contribution in [2.45, 2.75) is 37.8 Å². The molecule has 4 heteroatoms. The average Bonchev–Trinajstić information content (AvgIpc) is 2.42. The van der Waals surface area contributed by atoms with E-state index in [9.17, 15) is 9.90 Å². The Labute approximate surface area is 125 Å². The molecule has 1 aromatic rings. The molecule has 0 spiro atoms. The largest absolute Gasteiger partial charge is 0.393 e. The second kappa shape index (κ2) is 7.70. The molecule has 0 heterocycles. The number of rotatable bonds is 7. The van der Waals surface area contributed by atoms with Crippen LogP contribution in [0.25, 0.3) is 0 Å². The summed E-state index contributed by atoms with van der Waals surface area (Å²) in [6, 6.07) is 10.4. The summed E-state index contributed by atoms with van der Waals surface area (Å²) in [5.41, 5.74) is 1.24. The van der Waals surface area contributed by atoms with Gasteiger partial charge in [-0.1, -0.05) is 30.3 Å². The highest BCUT2D eigenvalue weighted by Crippen LogP contribution is 2.31. The highest BCUT2D eigenvalue weighted by molar-refractivity contribution is 7.98. The Hall–Kier alpha value is -1.00. The molecule has 1 aromatic carbocycles. The number of carbonyl (C=O) groups excluding carboxylic acids is 1. The Balaban J connectivity index is 1.92. The lowest BCUT2D eigenvalue weighted by Gasteiger charge is -2.38. The predicted molar refractivity (Wildman–Crippen MR) is 83.8 cm³/mol. The SMILES string of the molecule is CSCCC(=O)N[C@H](Cc1ccccc1)C1CC(O)C1. The molecule has 20 heavy (non-hydrogen) atoms. The van der Waals surface area contributed by atoms with Crippen molar-refractivity contribution in [1.82, 2.24) is 5.32 Å². The standard InChI is InChI=1S/C16H23NO2S/c1-20-8-7-16(19)17-15(13-10-14(18)11-13)9-12-5-3-2-4-6-12/h2-6,13-15,18H,7-11H2,1H3,(H,17,19)/t13?,14?,15-/m1/s1. The molecule has 0 unspecified atom stereocenters. The fourth-order valence-electron chi connectivity index (χ4n) is 2.64. The number of hydrogen-bond acceptors (Lipinski definition) is 3. The Morgan fingerprint density at radius 2 is 2.10 bits per heavy atom. The molecule has 1 saturated carbocycles. The normalized spacial score (nSPS) is 22.9. The summed E-state index contributed by atoms with van der Waals surface area (Å²) in [6.45, 7) is 0. The zero-order chi connectivity index (χ0) is 14.4. The van der Waals surface area contributed by atoms with Crippen LogP contribution in [0.5, 0.6) is 0 Å². The van der Waals surface area contributed by atoms with Crippen LogP contribution in [-0.2, 0) is 11.2 Å². The number of thioether (sulfide) groups is 1. The molecule has 1 aliphatic rings. The molecular formula is C16H23NO2S. The van der Waals surface area contributed by atoms with E-state index in [2.05, 4.69) is 17.4 Å². The zero-order valence-electron chi connectivity index (χ0n) is 11.9. The first kappa shape index (κ1) is 15.4. The number of aliphatic hydroxyl groups excluding tert-OH is 1. The quantitative estimate of drug-likeness (QED) is 0.810. The van der Waals surface area contributed by atoms with Crippen LogP contribution in [0.1, 0.15) is 24.8 Å². The minimum atomic E-state index is -0.179. The van der Waals surface area contributed by atoms with Crippen LogP contribution in [0.3, 0.4) is 0 Å². The minimum absolute atomic E-state index is 0.127. The monoisotopic (exact) mass is 293 g/mol. The third-order valence-corrected chi connectivity index (χ3v) is 4.51. The summed E-state index contributed by atoms with van der Waals surface area (Å²) in [5, 5.41) is 12.7. The molecule has 3 nitrogen and oxygen atoms in total. The summed E-state index contributed by atoms with van der Waals surface area (Å²) in [5.74, 6) is 1.39. The Kier molecular flexibility index (Phi) is 5.92. The topological polar surface area (TPSA) is 49.3 Å². The maximum absolute atomic E-state index is 11.9. The van der Waals surface area contributed by atoms with Gasteiger partial charge in [0.1, 0.15) is 0 Å². The van der Waals surface area contributed by atoms with Crippen molar-refractivity contribution in [3.8, 4) is 0 Å². The van der Waals surface area contributed by atoms with Crippen LogP contribution in [0.2, 0.25) is 0 Å². The predicted octanol–water partition coefficient (Wildman–Crippen LogP) is 2.24. The van der Waals surface area contributed by atoms with E-state index in [4.69, 9.17) is 0 Å². The fourth-order valence-corrected chi connectivity index (χ4v) is 3.03. The van der Waals surface area contributed by atoms with Crippen LogP contribution in [0, 0.1) is 5.92 Å². The number of hydrogen-bond donors (Lipinski definition) is 2. The lowest BCUT2D eigenvalue weighted by atomic mass is 9.75. The number of aliphatic hydroxyl groups is 1. The molecule has 0 aromatic heterocycles. The smallest absolute Gasteiger partial charge is 0.221 e. The van der Waals surface area contributed by atoms with Crippen LogP contribution in [-0.4, -0.2) is 35.2 Å². The third kappa shape index (κ3) is 4.53. The van der Waals surface area contributed by atoms with Gasteiger partial charge >= 0.3 is 0 Å². The van der Waals surface area contributed by atoms with Gasteiger partial charge in [0.05, 0.1) is 6.10 Å². The van der Waals surface area contributed by atoms with Crippen molar-refractivity contribution in [3.63, 3.8) is 0 Å². The van der Waals surface area contributed by atoms with Gasteiger partial charge in [-0.2, -0.15) is 11.8 Å². The van der Waals surface area contributed by atoms with Crippen molar-refractivity contribution in [2.24, 2.45) is 5.92 Å². The van der Waals surface area contributed by atoms with E-state index in [1.807, 2.05) is 24.5 Å². The van der Waals surface area contributed by atoms with E-state index in [1.54, 1.807) is 11.8 Å². The van der Waals surface area contributed by atoms with Crippen LogP contribution < -0.4 is 5.32 Å². The van der Waals surface area contributed by atoms with Gasteiger partial charge in [-0.05, 0) is 37.0 Å². The molecule has 1 amide bonds. The summed E-state index contributed by atoms with van der Waals surface area (Å²) < 4.78 is 0. The van der Waals surface area contributed by atoms with E-state index in [1.165, 1.54) is 5.56 Å². The second-order valence-electron chi connectivity index (χ2n) is 5.49. The molecule has 0 aliphatic heterocycles. The highest BCUT2D eigenvalue weighted by atomic mass is 32.2. The van der Waals surface area contributed by atoms with E-state index >= 15 is 0 Å². The van der Waals surface area contributed by atoms with Crippen LogP contribution >= 0.6 is 11.8 Å². The van der Waals surface area contributed by atoms with Crippen molar-refractivity contribution >= 4 is 17.7 Å². The number of benzene rings is 1. The van der Waals surface area contributed by atoms with Crippen molar-refractivity contribution in [3.05, 3.63) is 35.9 Å². The van der Waals surface area contributed by atoms with Gasteiger partial charge in [0.2, 0.25) is 5.91 Å². The summed E-state index contributed by atoms with van der Waals surface area (Å²) in [7, 11) is 0. The summed E-state index contributed by atoms with van der Waals surface area (Å²) in [4.78, 5) is 11.9. The lowest BCUT2D eigenvalue weighted by Crippen LogP contribution is -2.48.